The fourth-order valence-corrected chi connectivity index (χ4v) is 2.95. The van der Waals surface area contributed by atoms with Crippen molar-refractivity contribution in [1.29, 1.82) is 0 Å². The van der Waals surface area contributed by atoms with Gasteiger partial charge in [0, 0.05) is 0 Å². The molecular weight excluding hydrogens is 176 g/mol. The Kier molecular flexibility index (Phi) is 3.22. The lowest BCUT2D eigenvalue weighted by Crippen LogP contribution is -2.26. The van der Waals surface area contributed by atoms with Crippen molar-refractivity contribution in [3.63, 3.8) is 0 Å². The van der Waals surface area contributed by atoms with Crippen LogP contribution in [0.5, 0.6) is 0 Å². The molecule has 0 N–H and O–H groups in total. The predicted molar refractivity (Wildman–Crippen MR) is 55.1 cm³/mol. The van der Waals surface area contributed by atoms with Crippen molar-refractivity contribution in [3.8, 4) is 0 Å². The zero-order valence-corrected chi connectivity index (χ0v) is 8.95. The summed E-state index contributed by atoms with van der Waals surface area (Å²) in [5, 5.41) is 0. The highest BCUT2D eigenvalue weighted by Crippen LogP contribution is 2.36. The highest BCUT2D eigenvalue weighted by molar-refractivity contribution is 5.56. The molecule has 2 aliphatic rings. The lowest BCUT2D eigenvalue weighted by atomic mass is 9.79. The van der Waals surface area contributed by atoms with E-state index < -0.39 is 0 Å². The van der Waals surface area contributed by atoms with E-state index in [2.05, 4.69) is 6.92 Å². The Labute approximate surface area is 86.0 Å². The zero-order chi connectivity index (χ0) is 9.97. The second kappa shape index (κ2) is 4.43. The minimum absolute atomic E-state index is 0.0998. The molecule has 0 amide bonds. The quantitative estimate of drug-likeness (QED) is 0.634. The van der Waals surface area contributed by atoms with Gasteiger partial charge in [-0.2, -0.15) is 0 Å². The fourth-order valence-electron chi connectivity index (χ4n) is 2.95. The van der Waals surface area contributed by atoms with E-state index in [1.54, 1.807) is 0 Å². The molecule has 4 unspecified atom stereocenters. The molecule has 0 aromatic rings. The van der Waals surface area contributed by atoms with Crippen LogP contribution in [-0.2, 0) is 9.53 Å². The van der Waals surface area contributed by atoms with Crippen molar-refractivity contribution in [2.45, 2.75) is 57.7 Å². The van der Waals surface area contributed by atoms with E-state index in [4.69, 9.17) is 4.74 Å². The van der Waals surface area contributed by atoms with Crippen molar-refractivity contribution in [2.24, 2.45) is 11.8 Å². The molecule has 2 rings (SSSR count). The first-order valence-corrected chi connectivity index (χ1v) is 5.90. The van der Waals surface area contributed by atoms with Gasteiger partial charge in [-0.25, -0.2) is 0 Å². The second-order valence-corrected chi connectivity index (χ2v) is 4.96. The molecule has 0 aromatic heterocycles. The summed E-state index contributed by atoms with van der Waals surface area (Å²) < 4.78 is 5.73. The molecule has 80 valence electrons. The molecule has 0 bridgehead atoms. The van der Waals surface area contributed by atoms with E-state index in [0.29, 0.717) is 6.10 Å². The summed E-state index contributed by atoms with van der Waals surface area (Å²) in [6, 6.07) is 0. The lowest BCUT2D eigenvalue weighted by Gasteiger charge is -2.30. The summed E-state index contributed by atoms with van der Waals surface area (Å²) in [4.78, 5) is 10.6. The Hall–Kier alpha value is -0.370. The number of aldehydes is 1. The van der Waals surface area contributed by atoms with Gasteiger partial charge in [0.15, 0.2) is 0 Å². The molecule has 1 saturated heterocycles. The third-order valence-corrected chi connectivity index (χ3v) is 3.74. The molecule has 2 heteroatoms. The molecule has 2 nitrogen and oxygen atoms in total. The molecule has 2 fully saturated rings. The van der Waals surface area contributed by atoms with Gasteiger partial charge in [0.1, 0.15) is 12.4 Å². The average Bonchev–Trinajstić information content (AvgIpc) is 2.66. The maximum Gasteiger partial charge on any atom is 0.148 e. The maximum absolute atomic E-state index is 10.6. The summed E-state index contributed by atoms with van der Waals surface area (Å²) in [7, 11) is 0. The van der Waals surface area contributed by atoms with E-state index in [0.717, 1.165) is 31.0 Å². The van der Waals surface area contributed by atoms with Gasteiger partial charge >= 0.3 is 0 Å². The van der Waals surface area contributed by atoms with E-state index in [-0.39, 0.29) is 6.10 Å². The number of ether oxygens (including phenoxy) is 1. The van der Waals surface area contributed by atoms with Crippen LogP contribution < -0.4 is 0 Å². The molecule has 1 heterocycles. The van der Waals surface area contributed by atoms with Gasteiger partial charge in [-0.3, -0.25) is 0 Å². The molecule has 1 saturated carbocycles. The summed E-state index contributed by atoms with van der Waals surface area (Å²) in [6.07, 6.45) is 8.62. The average molecular weight is 196 g/mol. The third kappa shape index (κ3) is 2.17. The highest BCUT2D eigenvalue weighted by atomic mass is 16.5. The van der Waals surface area contributed by atoms with Crippen molar-refractivity contribution in [3.05, 3.63) is 0 Å². The first-order valence-electron chi connectivity index (χ1n) is 5.90. The molecule has 14 heavy (non-hydrogen) atoms. The number of hydrogen-bond acceptors (Lipinski definition) is 2. The lowest BCUT2D eigenvalue weighted by molar-refractivity contribution is -0.119. The van der Waals surface area contributed by atoms with E-state index >= 15 is 0 Å². The maximum atomic E-state index is 10.6. The molecule has 0 aromatic carbocycles. The van der Waals surface area contributed by atoms with Crippen LogP contribution in [0.1, 0.15) is 45.4 Å². The van der Waals surface area contributed by atoms with Crippen LogP contribution in [0.2, 0.25) is 0 Å². The largest absolute Gasteiger partial charge is 0.367 e. The molecule has 4 atom stereocenters. The molecule has 0 spiro atoms. The smallest absolute Gasteiger partial charge is 0.148 e. The summed E-state index contributed by atoms with van der Waals surface area (Å²) >= 11 is 0. The number of carbonyl (C=O) groups excluding carboxylic acids is 1. The van der Waals surface area contributed by atoms with Gasteiger partial charge in [0.25, 0.3) is 0 Å². The fraction of sp³-hybridized carbons (Fsp3) is 0.917. The summed E-state index contributed by atoms with van der Waals surface area (Å²) in [5.41, 5.74) is 0. The van der Waals surface area contributed by atoms with Crippen molar-refractivity contribution < 1.29 is 9.53 Å². The Morgan fingerprint density at radius 1 is 1.21 bits per heavy atom. The van der Waals surface area contributed by atoms with Crippen LogP contribution in [-0.4, -0.2) is 18.5 Å². The van der Waals surface area contributed by atoms with E-state index in [1.165, 1.54) is 25.7 Å². The van der Waals surface area contributed by atoms with E-state index in [1.807, 2.05) is 0 Å². The Morgan fingerprint density at radius 3 is 2.71 bits per heavy atom. The van der Waals surface area contributed by atoms with Crippen LogP contribution in [0.15, 0.2) is 0 Å². The topological polar surface area (TPSA) is 26.3 Å². The van der Waals surface area contributed by atoms with Crippen molar-refractivity contribution in [2.75, 3.05) is 0 Å². The van der Waals surface area contributed by atoms with Crippen LogP contribution >= 0.6 is 0 Å². The van der Waals surface area contributed by atoms with Gasteiger partial charge in [-0.1, -0.05) is 19.8 Å². The monoisotopic (exact) mass is 196 g/mol. The van der Waals surface area contributed by atoms with Gasteiger partial charge in [0.2, 0.25) is 0 Å². The van der Waals surface area contributed by atoms with Crippen LogP contribution in [0.4, 0.5) is 0 Å². The minimum atomic E-state index is -0.0998. The Morgan fingerprint density at radius 2 is 2.07 bits per heavy atom. The van der Waals surface area contributed by atoms with Gasteiger partial charge < -0.3 is 9.53 Å². The number of carbonyl (C=O) groups is 1. The number of rotatable bonds is 2. The molecule has 0 radical (unpaired) electrons. The summed E-state index contributed by atoms with van der Waals surface area (Å²) in [6.45, 7) is 2.33. The van der Waals surface area contributed by atoms with Gasteiger partial charge in [-0.05, 0) is 37.5 Å². The third-order valence-electron chi connectivity index (χ3n) is 3.74. The predicted octanol–water partition coefficient (Wildman–Crippen LogP) is 2.56. The standard InChI is InChI=1S/C12H20O2/c1-9-3-2-4-10(7-9)12-6-5-11(8-13)14-12/h8-12H,2-7H2,1H3. The Bertz CT molecular complexity index is 202. The molecule has 1 aliphatic carbocycles. The normalized spacial score (nSPS) is 43.8. The van der Waals surface area contributed by atoms with Gasteiger partial charge in [0.05, 0.1) is 6.10 Å². The van der Waals surface area contributed by atoms with Crippen LogP contribution in [0.25, 0.3) is 0 Å². The first-order chi connectivity index (χ1) is 6.79. The first kappa shape index (κ1) is 10.2. The molecular formula is C12H20O2. The van der Waals surface area contributed by atoms with Crippen molar-refractivity contribution in [1.82, 2.24) is 0 Å². The van der Waals surface area contributed by atoms with Gasteiger partial charge in [-0.15, -0.1) is 0 Å². The van der Waals surface area contributed by atoms with Crippen LogP contribution in [0, 0.1) is 11.8 Å². The Balaban J connectivity index is 1.86. The number of hydrogen-bond donors (Lipinski definition) is 0. The highest BCUT2D eigenvalue weighted by Gasteiger charge is 2.33. The van der Waals surface area contributed by atoms with E-state index in [9.17, 15) is 4.79 Å². The van der Waals surface area contributed by atoms with Crippen LogP contribution in [0.3, 0.4) is 0 Å². The van der Waals surface area contributed by atoms with Crippen molar-refractivity contribution >= 4 is 6.29 Å². The minimum Gasteiger partial charge on any atom is -0.367 e. The second-order valence-electron chi connectivity index (χ2n) is 4.96. The summed E-state index contributed by atoms with van der Waals surface area (Å²) in [5.74, 6) is 1.58. The zero-order valence-electron chi connectivity index (χ0n) is 8.95. The molecule has 1 aliphatic heterocycles. The SMILES string of the molecule is CC1CCCC(C2CCC(C=O)O2)C1.